The summed E-state index contributed by atoms with van der Waals surface area (Å²) < 4.78 is 1.74. The largest absolute Gasteiger partial charge is 0.383 e. The first-order valence-electron chi connectivity index (χ1n) is 3.46. The van der Waals surface area contributed by atoms with Crippen molar-refractivity contribution in [3.05, 3.63) is 17.8 Å². The molecule has 0 saturated heterocycles. The van der Waals surface area contributed by atoms with Crippen LogP contribution in [0, 0.1) is 0 Å². The Hall–Kier alpha value is -1.07. The van der Waals surface area contributed by atoms with Crippen LogP contribution in [-0.2, 0) is 7.05 Å². The third kappa shape index (κ3) is 1.99. The first kappa shape index (κ1) is 10.0. The fourth-order valence-electron chi connectivity index (χ4n) is 0.950. The van der Waals surface area contributed by atoms with Crippen LogP contribution in [0.2, 0.25) is 0 Å². The molecule has 0 saturated carbocycles. The van der Waals surface area contributed by atoms with Gasteiger partial charge < -0.3 is 5.73 Å². The van der Waals surface area contributed by atoms with Crippen molar-refractivity contribution < 1.29 is 0 Å². The zero-order chi connectivity index (χ0) is 8.55. The van der Waals surface area contributed by atoms with Crippen LogP contribution in [0.5, 0.6) is 0 Å². The van der Waals surface area contributed by atoms with Gasteiger partial charge in [0.1, 0.15) is 10.8 Å². The van der Waals surface area contributed by atoms with Crippen molar-refractivity contribution in [1.29, 1.82) is 0 Å². The number of nitrogens with two attached hydrogens (primary N) is 1. The molecule has 0 atom stereocenters. The van der Waals surface area contributed by atoms with Gasteiger partial charge in [0, 0.05) is 24.2 Å². The summed E-state index contributed by atoms with van der Waals surface area (Å²) in [6.45, 7) is 0. The molecule has 0 unspecified atom stereocenters. The molecule has 0 aromatic carbocycles. The molecule has 2 N–H and O–H groups in total. The van der Waals surface area contributed by atoms with Crippen LogP contribution in [0.3, 0.4) is 0 Å². The molecule has 6 heteroatoms. The van der Waals surface area contributed by atoms with Crippen LogP contribution < -0.4 is 5.73 Å². The Morgan fingerprint density at radius 2 is 2.31 bits per heavy atom. The Morgan fingerprint density at radius 3 is 2.77 bits per heavy atom. The zero-order valence-electron chi connectivity index (χ0n) is 6.97. The standard InChI is InChI=1S/C7H8N4S.ClH/c1-11-3-5(2-9-11)7-10-6(8)4-12-7;/h2-4H,8H2,1H3;1H. The van der Waals surface area contributed by atoms with E-state index in [4.69, 9.17) is 5.73 Å². The summed E-state index contributed by atoms with van der Waals surface area (Å²) >= 11 is 1.53. The van der Waals surface area contributed by atoms with E-state index in [1.54, 1.807) is 10.9 Å². The van der Waals surface area contributed by atoms with E-state index in [1.165, 1.54) is 11.3 Å². The summed E-state index contributed by atoms with van der Waals surface area (Å²) in [6, 6.07) is 0. The fraction of sp³-hybridized carbons (Fsp3) is 0.143. The van der Waals surface area contributed by atoms with Crippen LogP contribution in [0.1, 0.15) is 0 Å². The number of hydrogen-bond donors (Lipinski definition) is 1. The minimum atomic E-state index is 0. The first-order valence-corrected chi connectivity index (χ1v) is 4.34. The van der Waals surface area contributed by atoms with Crippen LogP contribution in [0.4, 0.5) is 5.82 Å². The maximum absolute atomic E-state index is 5.49. The summed E-state index contributed by atoms with van der Waals surface area (Å²) in [7, 11) is 1.88. The quantitative estimate of drug-likeness (QED) is 0.787. The van der Waals surface area contributed by atoms with Gasteiger partial charge in [-0.05, 0) is 0 Å². The molecule has 13 heavy (non-hydrogen) atoms. The Balaban J connectivity index is 0.000000845. The summed E-state index contributed by atoms with van der Waals surface area (Å²) in [5.41, 5.74) is 6.51. The van der Waals surface area contributed by atoms with Crippen LogP contribution in [0.15, 0.2) is 17.8 Å². The third-order valence-electron chi connectivity index (χ3n) is 1.47. The Morgan fingerprint density at radius 1 is 1.54 bits per heavy atom. The van der Waals surface area contributed by atoms with Gasteiger partial charge in [0.15, 0.2) is 0 Å². The number of thiazole rings is 1. The predicted octanol–water partition coefficient (Wildman–Crippen LogP) is 1.55. The molecule has 0 fully saturated rings. The molecule has 0 bridgehead atoms. The summed E-state index contributed by atoms with van der Waals surface area (Å²) in [5, 5.41) is 6.78. The second-order valence-corrected chi connectivity index (χ2v) is 3.34. The molecule has 0 aliphatic rings. The molecule has 4 nitrogen and oxygen atoms in total. The van der Waals surface area contributed by atoms with Crippen LogP contribution >= 0.6 is 23.7 Å². The highest BCUT2D eigenvalue weighted by molar-refractivity contribution is 7.13. The minimum absolute atomic E-state index is 0. The Labute approximate surface area is 85.8 Å². The lowest BCUT2D eigenvalue weighted by atomic mass is 10.4. The topological polar surface area (TPSA) is 56.7 Å². The van der Waals surface area contributed by atoms with E-state index >= 15 is 0 Å². The maximum Gasteiger partial charge on any atom is 0.135 e. The molecular formula is C7H9ClN4S. The Bertz CT molecular complexity index is 356. The molecule has 2 aromatic rings. The Kier molecular flexibility index (Phi) is 2.90. The SMILES string of the molecule is Cl.Cn1cc(-c2nc(N)cs2)cn1. The highest BCUT2D eigenvalue weighted by atomic mass is 35.5. The van der Waals surface area contributed by atoms with Crippen molar-refractivity contribution in [3.63, 3.8) is 0 Å². The van der Waals surface area contributed by atoms with Gasteiger partial charge in [-0.25, -0.2) is 4.98 Å². The number of aryl methyl sites for hydroxylation is 1. The molecular weight excluding hydrogens is 208 g/mol. The highest BCUT2D eigenvalue weighted by Gasteiger charge is 2.03. The molecule has 0 aliphatic heterocycles. The summed E-state index contributed by atoms with van der Waals surface area (Å²) in [6.07, 6.45) is 3.69. The lowest BCUT2D eigenvalue weighted by Crippen LogP contribution is -1.84. The van der Waals surface area contributed by atoms with Gasteiger partial charge >= 0.3 is 0 Å². The second kappa shape index (κ2) is 3.76. The van der Waals surface area contributed by atoms with Crippen molar-refractivity contribution in [2.75, 3.05) is 5.73 Å². The van der Waals surface area contributed by atoms with Gasteiger partial charge in [-0.1, -0.05) is 0 Å². The summed E-state index contributed by atoms with van der Waals surface area (Å²) in [4.78, 5) is 4.14. The first-order chi connectivity index (χ1) is 5.75. The van der Waals surface area contributed by atoms with Gasteiger partial charge in [-0.2, -0.15) is 5.10 Å². The molecule has 0 radical (unpaired) electrons. The molecule has 2 aromatic heterocycles. The molecule has 70 valence electrons. The number of nitrogen functional groups attached to an aromatic ring is 1. The lowest BCUT2D eigenvalue weighted by Gasteiger charge is -1.85. The minimum Gasteiger partial charge on any atom is -0.383 e. The van der Waals surface area contributed by atoms with Crippen LogP contribution in [-0.4, -0.2) is 14.8 Å². The van der Waals surface area contributed by atoms with E-state index in [1.807, 2.05) is 18.6 Å². The van der Waals surface area contributed by atoms with Crippen molar-refractivity contribution in [1.82, 2.24) is 14.8 Å². The number of anilines is 1. The van der Waals surface area contributed by atoms with Crippen molar-refractivity contribution in [2.24, 2.45) is 7.05 Å². The molecule has 2 heterocycles. The van der Waals surface area contributed by atoms with Crippen molar-refractivity contribution >= 4 is 29.6 Å². The van der Waals surface area contributed by atoms with E-state index in [-0.39, 0.29) is 12.4 Å². The molecule has 2 rings (SSSR count). The number of nitrogens with zero attached hydrogens (tertiary/aromatic N) is 3. The van der Waals surface area contributed by atoms with E-state index < -0.39 is 0 Å². The van der Waals surface area contributed by atoms with E-state index in [2.05, 4.69) is 10.1 Å². The number of aromatic nitrogens is 3. The summed E-state index contributed by atoms with van der Waals surface area (Å²) in [5.74, 6) is 0.568. The monoisotopic (exact) mass is 216 g/mol. The predicted molar refractivity (Wildman–Crippen MR) is 56.0 cm³/mol. The smallest absolute Gasteiger partial charge is 0.135 e. The molecule has 0 spiro atoms. The average molecular weight is 217 g/mol. The maximum atomic E-state index is 5.49. The van der Waals surface area contributed by atoms with Gasteiger partial charge in [0.2, 0.25) is 0 Å². The highest BCUT2D eigenvalue weighted by Crippen LogP contribution is 2.23. The van der Waals surface area contributed by atoms with Gasteiger partial charge in [-0.15, -0.1) is 23.7 Å². The van der Waals surface area contributed by atoms with Gasteiger partial charge in [-0.3, -0.25) is 4.68 Å². The number of rotatable bonds is 1. The molecule has 0 amide bonds. The fourth-order valence-corrected chi connectivity index (χ4v) is 1.64. The van der Waals surface area contributed by atoms with Crippen LogP contribution in [0.25, 0.3) is 10.6 Å². The second-order valence-electron chi connectivity index (χ2n) is 2.48. The third-order valence-corrected chi connectivity index (χ3v) is 2.38. The normalized spacial score (nSPS) is 9.62. The molecule has 0 aliphatic carbocycles. The van der Waals surface area contributed by atoms with E-state index in [9.17, 15) is 0 Å². The van der Waals surface area contributed by atoms with Gasteiger partial charge in [0.05, 0.1) is 6.20 Å². The number of hydrogen-bond acceptors (Lipinski definition) is 4. The lowest BCUT2D eigenvalue weighted by molar-refractivity contribution is 0.768. The van der Waals surface area contributed by atoms with E-state index in [0.29, 0.717) is 5.82 Å². The van der Waals surface area contributed by atoms with E-state index in [0.717, 1.165) is 10.6 Å². The zero-order valence-corrected chi connectivity index (χ0v) is 8.60. The number of halogens is 1. The van der Waals surface area contributed by atoms with Crippen molar-refractivity contribution in [2.45, 2.75) is 0 Å². The van der Waals surface area contributed by atoms with Gasteiger partial charge in [0.25, 0.3) is 0 Å². The van der Waals surface area contributed by atoms with Crippen molar-refractivity contribution in [3.8, 4) is 10.6 Å². The average Bonchev–Trinajstić information content (AvgIpc) is 2.58.